The molecule has 0 atom stereocenters. The summed E-state index contributed by atoms with van der Waals surface area (Å²) in [5, 5.41) is 12.3. The summed E-state index contributed by atoms with van der Waals surface area (Å²) in [4.78, 5) is 31.6. The first-order valence-corrected chi connectivity index (χ1v) is 10.3. The lowest BCUT2D eigenvalue weighted by Crippen LogP contribution is -2.45. The van der Waals surface area contributed by atoms with E-state index in [0.717, 1.165) is 43.2 Å². The second-order valence-corrected chi connectivity index (χ2v) is 7.71. The molecule has 0 bridgehead atoms. The van der Waals surface area contributed by atoms with Gasteiger partial charge in [0.05, 0.1) is 11.4 Å². The smallest absolute Gasteiger partial charge is 0.328 e. The molecule has 160 valence electrons. The Labute approximate surface area is 180 Å². The van der Waals surface area contributed by atoms with Gasteiger partial charge in [-0.05, 0) is 43.5 Å². The highest BCUT2D eigenvalue weighted by molar-refractivity contribution is 6.03. The van der Waals surface area contributed by atoms with Crippen molar-refractivity contribution in [3.05, 3.63) is 48.5 Å². The molecule has 9 nitrogen and oxygen atoms in total. The number of nitrogens with zero attached hydrogens (tertiary/aromatic N) is 5. The van der Waals surface area contributed by atoms with Crippen LogP contribution < -0.4 is 16.0 Å². The molecular formula is C22H25N7O2. The predicted molar refractivity (Wildman–Crippen MR) is 119 cm³/mol. The Morgan fingerprint density at radius 2 is 1.97 bits per heavy atom. The standard InChI is InChI=1S/C22H25N7O2/c1-14-9-15(12-24-11-14)18-8-7-17(23)21(27-18)29(16-5-3-2-4-6-16)22(31)28-19-10-20(30)26-13-25-19/h7-13,16H,2-6,23H2,1H3,(H2,25,26,28,30,31). The summed E-state index contributed by atoms with van der Waals surface area (Å²) in [5.74, 6) is 0.388. The first kappa shape index (κ1) is 20.5. The minimum absolute atomic E-state index is 0.0372. The van der Waals surface area contributed by atoms with Gasteiger partial charge in [0.15, 0.2) is 5.82 Å². The molecule has 0 aliphatic heterocycles. The van der Waals surface area contributed by atoms with Crippen LogP contribution >= 0.6 is 0 Å². The number of anilines is 3. The van der Waals surface area contributed by atoms with Gasteiger partial charge in [-0.25, -0.2) is 19.7 Å². The molecule has 0 radical (unpaired) electrons. The van der Waals surface area contributed by atoms with E-state index in [4.69, 9.17) is 10.7 Å². The molecule has 4 rings (SSSR count). The summed E-state index contributed by atoms with van der Waals surface area (Å²) in [5.41, 5.74) is 9.27. The minimum Gasteiger partial charge on any atom is -0.493 e. The molecule has 1 fully saturated rings. The average Bonchev–Trinajstić information content (AvgIpc) is 2.76. The van der Waals surface area contributed by atoms with Crippen LogP contribution in [-0.2, 0) is 0 Å². The molecule has 0 spiro atoms. The van der Waals surface area contributed by atoms with Gasteiger partial charge in [-0.1, -0.05) is 19.3 Å². The summed E-state index contributed by atoms with van der Waals surface area (Å²) in [6.07, 6.45) is 9.63. The van der Waals surface area contributed by atoms with Crippen molar-refractivity contribution < 1.29 is 9.90 Å². The number of carbonyl (C=O) groups excluding carboxylic acids is 1. The number of nitrogens with one attached hydrogen (secondary N) is 1. The van der Waals surface area contributed by atoms with Crippen molar-refractivity contribution in [2.24, 2.45) is 0 Å². The van der Waals surface area contributed by atoms with E-state index in [2.05, 4.69) is 20.3 Å². The number of urea groups is 1. The lowest BCUT2D eigenvalue weighted by atomic mass is 9.94. The molecule has 0 unspecified atom stereocenters. The van der Waals surface area contributed by atoms with Gasteiger partial charge >= 0.3 is 6.03 Å². The fourth-order valence-electron chi connectivity index (χ4n) is 3.87. The molecule has 3 aromatic heterocycles. The van der Waals surface area contributed by atoms with Crippen LogP contribution in [0.15, 0.2) is 43.0 Å². The molecule has 9 heteroatoms. The van der Waals surface area contributed by atoms with Crippen molar-refractivity contribution >= 4 is 23.4 Å². The summed E-state index contributed by atoms with van der Waals surface area (Å²) >= 11 is 0. The number of aromatic nitrogens is 4. The van der Waals surface area contributed by atoms with Gasteiger partial charge in [0.1, 0.15) is 12.1 Å². The maximum absolute atomic E-state index is 13.3. The van der Waals surface area contributed by atoms with E-state index in [1.165, 1.54) is 12.4 Å². The number of nitrogen functional groups attached to an aromatic ring is 1. The normalized spacial score (nSPS) is 14.2. The van der Waals surface area contributed by atoms with Crippen molar-refractivity contribution in [2.75, 3.05) is 16.0 Å². The molecule has 1 aliphatic rings. The van der Waals surface area contributed by atoms with Crippen molar-refractivity contribution in [3.8, 4) is 17.1 Å². The summed E-state index contributed by atoms with van der Waals surface area (Å²) in [6.45, 7) is 1.97. The Morgan fingerprint density at radius 1 is 1.16 bits per heavy atom. The number of nitrogens with two attached hydrogens (primary N) is 1. The van der Waals surface area contributed by atoms with Crippen LogP contribution in [0.2, 0.25) is 0 Å². The van der Waals surface area contributed by atoms with Crippen LogP contribution in [0.1, 0.15) is 37.7 Å². The largest absolute Gasteiger partial charge is 0.493 e. The van der Waals surface area contributed by atoms with Gasteiger partial charge in [-0.2, -0.15) is 0 Å². The van der Waals surface area contributed by atoms with E-state index >= 15 is 0 Å². The first-order valence-electron chi connectivity index (χ1n) is 10.3. The van der Waals surface area contributed by atoms with Crippen molar-refractivity contribution in [2.45, 2.75) is 45.1 Å². The molecule has 0 aromatic carbocycles. The second-order valence-electron chi connectivity index (χ2n) is 7.71. The maximum Gasteiger partial charge on any atom is 0.328 e. The molecule has 31 heavy (non-hydrogen) atoms. The number of hydrogen-bond acceptors (Lipinski definition) is 7. The van der Waals surface area contributed by atoms with E-state index in [1.54, 1.807) is 23.4 Å². The Balaban J connectivity index is 1.72. The van der Waals surface area contributed by atoms with Crippen molar-refractivity contribution in [3.63, 3.8) is 0 Å². The molecular weight excluding hydrogens is 394 g/mol. The molecule has 4 N–H and O–H groups in total. The Hall–Kier alpha value is -3.75. The van der Waals surface area contributed by atoms with Gasteiger partial charge in [0.2, 0.25) is 5.88 Å². The van der Waals surface area contributed by atoms with Crippen molar-refractivity contribution in [1.82, 2.24) is 19.9 Å². The van der Waals surface area contributed by atoms with Crippen LogP contribution in [0.3, 0.4) is 0 Å². The molecule has 2 amide bonds. The average molecular weight is 419 g/mol. The number of amides is 2. The van der Waals surface area contributed by atoms with Gasteiger partial charge in [0, 0.05) is 30.1 Å². The Kier molecular flexibility index (Phi) is 5.92. The van der Waals surface area contributed by atoms with E-state index in [0.29, 0.717) is 17.2 Å². The topological polar surface area (TPSA) is 130 Å². The van der Waals surface area contributed by atoms with Crippen LogP contribution in [-0.4, -0.2) is 37.1 Å². The summed E-state index contributed by atoms with van der Waals surface area (Å²) in [7, 11) is 0. The quantitative estimate of drug-likeness (QED) is 0.584. The monoisotopic (exact) mass is 419 g/mol. The zero-order chi connectivity index (χ0) is 21.8. The van der Waals surface area contributed by atoms with Gasteiger partial charge in [0.25, 0.3) is 0 Å². The van der Waals surface area contributed by atoms with Crippen LogP contribution in [0, 0.1) is 6.92 Å². The Bertz CT molecular complexity index is 1080. The Morgan fingerprint density at radius 3 is 2.71 bits per heavy atom. The SMILES string of the molecule is Cc1cncc(-c2ccc(N)c(N(C(=O)Nc3cc(O)ncn3)C3CCCCC3)n2)c1. The first-order chi connectivity index (χ1) is 15.0. The highest BCUT2D eigenvalue weighted by Gasteiger charge is 2.30. The molecule has 0 saturated heterocycles. The van der Waals surface area contributed by atoms with E-state index < -0.39 is 6.03 Å². The third-order valence-corrected chi connectivity index (χ3v) is 5.35. The van der Waals surface area contributed by atoms with E-state index in [1.807, 2.05) is 19.1 Å². The van der Waals surface area contributed by atoms with Crippen LogP contribution in [0.25, 0.3) is 11.3 Å². The molecule has 3 aromatic rings. The highest BCUT2D eigenvalue weighted by atomic mass is 16.3. The number of aromatic hydroxyl groups is 1. The predicted octanol–water partition coefficient (Wildman–Crippen LogP) is 3.90. The number of rotatable bonds is 4. The summed E-state index contributed by atoms with van der Waals surface area (Å²) in [6, 6.07) is 6.44. The maximum atomic E-state index is 13.3. The fraction of sp³-hybridized carbons (Fsp3) is 0.318. The summed E-state index contributed by atoms with van der Waals surface area (Å²) < 4.78 is 0. The zero-order valence-electron chi connectivity index (χ0n) is 17.3. The van der Waals surface area contributed by atoms with E-state index in [-0.39, 0.29) is 17.7 Å². The van der Waals surface area contributed by atoms with Crippen molar-refractivity contribution in [1.29, 1.82) is 0 Å². The van der Waals surface area contributed by atoms with Crippen LogP contribution in [0.4, 0.5) is 22.1 Å². The minimum atomic E-state index is -0.399. The fourth-order valence-corrected chi connectivity index (χ4v) is 3.87. The third kappa shape index (κ3) is 4.71. The number of aryl methyl sites for hydroxylation is 1. The lowest BCUT2D eigenvalue weighted by molar-refractivity contribution is 0.252. The molecule has 1 aliphatic carbocycles. The van der Waals surface area contributed by atoms with Gasteiger partial charge in [-0.15, -0.1) is 0 Å². The second kappa shape index (κ2) is 8.95. The lowest BCUT2D eigenvalue weighted by Gasteiger charge is -2.34. The van der Waals surface area contributed by atoms with Gasteiger partial charge < -0.3 is 10.8 Å². The van der Waals surface area contributed by atoms with Gasteiger partial charge in [-0.3, -0.25) is 15.2 Å². The third-order valence-electron chi connectivity index (χ3n) is 5.35. The zero-order valence-corrected chi connectivity index (χ0v) is 17.3. The molecule has 3 heterocycles. The van der Waals surface area contributed by atoms with E-state index in [9.17, 15) is 9.90 Å². The van der Waals surface area contributed by atoms with Crippen LogP contribution in [0.5, 0.6) is 5.88 Å². The highest BCUT2D eigenvalue weighted by Crippen LogP contribution is 2.32. The number of carbonyl (C=O) groups is 1. The number of hydrogen-bond donors (Lipinski definition) is 3. The molecule has 1 saturated carbocycles. The number of pyridine rings is 2.